The van der Waals surface area contributed by atoms with Crippen LogP contribution in [0.2, 0.25) is 0 Å². The second-order valence-corrected chi connectivity index (χ2v) is 20.2. The van der Waals surface area contributed by atoms with Gasteiger partial charge in [0.05, 0.1) is 17.9 Å². The Bertz CT molecular complexity index is 1930. The predicted molar refractivity (Wildman–Crippen MR) is 263 cm³/mol. The van der Waals surface area contributed by atoms with E-state index in [-0.39, 0.29) is 5.41 Å². The minimum absolute atomic E-state index is 0.213. The first-order valence-electron chi connectivity index (χ1n) is 23.2. The number of hydrogen-bond acceptors (Lipinski definition) is 8. The van der Waals surface area contributed by atoms with E-state index in [0.717, 1.165) is 51.3 Å². The van der Waals surface area contributed by atoms with Gasteiger partial charge in [0.2, 0.25) is 0 Å². The molecule has 4 aromatic heterocycles. The van der Waals surface area contributed by atoms with E-state index in [2.05, 4.69) is 168 Å². The quantitative estimate of drug-likeness (QED) is 0.150. The van der Waals surface area contributed by atoms with E-state index in [1.807, 2.05) is 44.1 Å². The highest BCUT2D eigenvalue weighted by Gasteiger charge is 2.33. The van der Waals surface area contributed by atoms with E-state index in [9.17, 15) is 0 Å². The van der Waals surface area contributed by atoms with Crippen molar-refractivity contribution in [3.05, 3.63) is 129 Å². The molecule has 3 aliphatic rings. The van der Waals surface area contributed by atoms with E-state index < -0.39 is 0 Å². The molecule has 1 saturated heterocycles. The fourth-order valence-electron chi connectivity index (χ4n) is 7.06. The number of allylic oxidation sites excluding steroid dienone is 1. The first-order chi connectivity index (χ1) is 29.3. The summed E-state index contributed by atoms with van der Waals surface area (Å²) in [5.74, 6) is 2.38. The highest BCUT2D eigenvalue weighted by molar-refractivity contribution is 5.81. The summed E-state index contributed by atoms with van der Waals surface area (Å²) in [4.78, 5) is 24.0. The maximum Gasteiger partial charge on any atom is 0.0586 e. The Balaban J connectivity index is 0.000000210. The Kier molecular flexibility index (Phi) is 21.8. The van der Waals surface area contributed by atoms with Crippen molar-refractivity contribution >= 4 is 6.21 Å². The van der Waals surface area contributed by atoms with Gasteiger partial charge in [-0.3, -0.25) is 29.8 Å². The number of aryl methyl sites for hydroxylation is 2. The van der Waals surface area contributed by atoms with Gasteiger partial charge in [0.1, 0.15) is 0 Å². The number of nitrogens with zero attached hydrogens (tertiary/aromatic N) is 6. The van der Waals surface area contributed by atoms with Gasteiger partial charge in [0.15, 0.2) is 0 Å². The third-order valence-corrected chi connectivity index (χ3v) is 11.2. The molecule has 1 N–H and O–H groups in total. The number of pyridine rings is 4. The lowest BCUT2D eigenvalue weighted by molar-refractivity contribution is 0.0232. The molecule has 0 atom stereocenters. The van der Waals surface area contributed by atoms with Gasteiger partial charge in [0.25, 0.3) is 0 Å². The summed E-state index contributed by atoms with van der Waals surface area (Å²) in [5, 5.41) is 3.30. The summed E-state index contributed by atoms with van der Waals surface area (Å²) >= 11 is 0. The number of ether oxygens (including phenoxy) is 1. The van der Waals surface area contributed by atoms with Crippen molar-refractivity contribution in [3.8, 4) is 0 Å². The molecule has 0 radical (unpaired) electrons. The summed E-state index contributed by atoms with van der Waals surface area (Å²) in [7, 11) is 1.75. The minimum Gasteiger partial charge on any atom is -0.385 e. The molecular formula is C54H83N7O. The molecule has 8 nitrogen and oxygen atoms in total. The zero-order valence-electron chi connectivity index (χ0n) is 41.5. The Hall–Kier alpha value is -4.11. The first kappa shape index (κ1) is 52.2. The number of fused-ring (bicyclic) bond motifs is 1. The van der Waals surface area contributed by atoms with Gasteiger partial charge in [-0.05, 0) is 112 Å². The SMILES string of the molecule is CC(C)(C)c1cnc2c(c1)CNC2.CC(C)C1=CCN=C1.CC(C)c1ccc(CN2CC(C)(C)C2)nc1.COCCCCc1cncc(C(C)C)c1.Cc1ccc(C(C)C)cn1. The van der Waals surface area contributed by atoms with Crippen LogP contribution < -0.4 is 5.32 Å². The zero-order valence-corrected chi connectivity index (χ0v) is 41.5. The Morgan fingerprint density at radius 2 is 1.40 bits per heavy atom. The molecule has 0 saturated carbocycles. The van der Waals surface area contributed by atoms with Crippen molar-refractivity contribution in [2.45, 2.75) is 159 Å². The van der Waals surface area contributed by atoms with Crippen LogP contribution in [0.1, 0.15) is 171 Å². The molecule has 340 valence electrons. The highest BCUT2D eigenvalue weighted by atomic mass is 16.5. The van der Waals surface area contributed by atoms with Gasteiger partial charge in [0, 0.05) is 89.3 Å². The summed E-state index contributed by atoms with van der Waals surface area (Å²) in [6, 6.07) is 13.1. The molecule has 8 heteroatoms. The maximum absolute atomic E-state index is 5.03. The number of aliphatic imine (C=N–C) groups is 1. The molecule has 3 aliphatic heterocycles. The fourth-order valence-corrected chi connectivity index (χ4v) is 7.06. The first-order valence-corrected chi connectivity index (χ1v) is 23.2. The topological polar surface area (TPSA) is 88.4 Å². The van der Waals surface area contributed by atoms with E-state index in [1.54, 1.807) is 7.11 Å². The summed E-state index contributed by atoms with van der Waals surface area (Å²) in [6.45, 7) is 37.9. The number of rotatable bonds is 11. The van der Waals surface area contributed by atoms with Gasteiger partial charge in [-0.25, -0.2) is 0 Å². The van der Waals surface area contributed by atoms with Crippen molar-refractivity contribution in [2.24, 2.45) is 16.3 Å². The van der Waals surface area contributed by atoms with Crippen LogP contribution in [0.3, 0.4) is 0 Å². The zero-order chi connectivity index (χ0) is 45.9. The smallest absolute Gasteiger partial charge is 0.0586 e. The Morgan fingerprint density at radius 3 is 1.90 bits per heavy atom. The third kappa shape index (κ3) is 19.1. The Labute approximate surface area is 378 Å². The third-order valence-electron chi connectivity index (χ3n) is 11.2. The van der Waals surface area contributed by atoms with E-state index in [4.69, 9.17) is 4.74 Å². The van der Waals surface area contributed by atoms with Crippen LogP contribution in [0.25, 0.3) is 0 Å². The molecule has 0 aliphatic carbocycles. The van der Waals surface area contributed by atoms with E-state index in [1.165, 1.54) is 69.9 Å². The number of unbranched alkanes of at least 4 members (excludes halogenated alkanes) is 1. The molecule has 0 spiro atoms. The minimum atomic E-state index is 0.213. The van der Waals surface area contributed by atoms with Crippen molar-refractivity contribution in [1.29, 1.82) is 0 Å². The molecule has 0 amide bonds. The van der Waals surface area contributed by atoms with Crippen molar-refractivity contribution in [2.75, 3.05) is 33.4 Å². The van der Waals surface area contributed by atoms with Crippen LogP contribution in [-0.4, -0.2) is 64.4 Å². The fraction of sp³-hybridized carbons (Fsp3) is 0.574. The molecule has 7 rings (SSSR count). The monoisotopic (exact) mass is 846 g/mol. The molecule has 7 heterocycles. The predicted octanol–water partition coefficient (Wildman–Crippen LogP) is 12.4. The second-order valence-electron chi connectivity index (χ2n) is 20.2. The summed E-state index contributed by atoms with van der Waals surface area (Å²) < 4.78 is 5.03. The van der Waals surface area contributed by atoms with Gasteiger partial charge in [-0.1, -0.05) is 120 Å². The Morgan fingerprint density at radius 1 is 0.742 bits per heavy atom. The van der Waals surface area contributed by atoms with E-state index >= 15 is 0 Å². The molecule has 1 fully saturated rings. The van der Waals surface area contributed by atoms with Gasteiger partial charge in [-0.15, -0.1) is 0 Å². The summed E-state index contributed by atoms with van der Waals surface area (Å²) in [6.07, 6.45) is 17.4. The number of nitrogens with one attached hydrogen (secondary N) is 1. The lowest BCUT2D eigenvalue weighted by atomic mass is 9.84. The van der Waals surface area contributed by atoms with Crippen LogP contribution in [0.4, 0.5) is 0 Å². The normalized spacial score (nSPS) is 15.0. The van der Waals surface area contributed by atoms with Crippen LogP contribution in [0, 0.1) is 18.3 Å². The molecular weight excluding hydrogens is 763 g/mol. The highest BCUT2D eigenvalue weighted by Crippen LogP contribution is 2.30. The number of likely N-dealkylation sites (tertiary alicyclic amines) is 1. The standard InChI is InChI=1S/C14H22N2.C13H21NO.C11H16N2.C9H13N.C7H11N/c1-11(2)12-5-6-13(15-7-12)8-16-9-14(3,4)10-16;1-11(2)13-8-12(9-14-10-13)6-4-5-7-15-3;1-11(2,3)9-4-8-5-12-7-10(8)13-6-9;1-7(2)9-5-4-8(3)10-6-9;1-6(2)7-3-4-8-5-7/h5-7,11H,8-10H2,1-4H3;8-11H,4-7H2,1-3H3;4,6,12H,5,7H2,1-3H3;4-7H,1-3H3;3,5-6H,4H2,1-2H3. The van der Waals surface area contributed by atoms with Crippen LogP contribution in [-0.2, 0) is 36.2 Å². The maximum atomic E-state index is 5.03. The van der Waals surface area contributed by atoms with Gasteiger partial charge < -0.3 is 10.1 Å². The van der Waals surface area contributed by atoms with E-state index in [0.29, 0.717) is 29.1 Å². The number of aromatic nitrogens is 4. The number of hydrogen-bond donors (Lipinski definition) is 1. The van der Waals surface area contributed by atoms with Crippen LogP contribution in [0.15, 0.2) is 84.0 Å². The molecule has 4 aromatic rings. The van der Waals surface area contributed by atoms with Crippen molar-refractivity contribution in [3.63, 3.8) is 0 Å². The van der Waals surface area contributed by atoms with Gasteiger partial charge >= 0.3 is 0 Å². The largest absolute Gasteiger partial charge is 0.385 e. The average molecular weight is 846 g/mol. The average Bonchev–Trinajstić information content (AvgIpc) is 3.94. The molecule has 0 bridgehead atoms. The number of methoxy groups -OCH3 is 1. The molecule has 62 heavy (non-hydrogen) atoms. The van der Waals surface area contributed by atoms with Crippen LogP contribution in [0.5, 0.6) is 0 Å². The summed E-state index contributed by atoms with van der Waals surface area (Å²) in [5.41, 5.74) is 13.6. The van der Waals surface area contributed by atoms with Gasteiger partial charge in [-0.2, -0.15) is 0 Å². The van der Waals surface area contributed by atoms with Crippen molar-refractivity contribution < 1.29 is 4.74 Å². The lowest BCUT2D eigenvalue weighted by Crippen LogP contribution is -2.52. The lowest BCUT2D eigenvalue weighted by Gasteiger charge is -2.45. The second kappa shape index (κ2) is 25.9. The van der Waals surface area contributed by atoms with Crippen molar-refractivity contribution in [1.82, 2.24) is 30.2 Å². The molecule has 0 unspecified atom stereocenters. The molecule has 0 aromatic carbocycles. The van der Waals surface area contributed by atoms with Crippen LogP contribution >= 0.6 is 0 Å².